The van der Waals surface area contributed by atoms with Crippen molar-refractivity contribution in [2.75, 3.05) is 5.32 Å². The van der Waals surface area contributed by atoms with E-state index in [0.29, 0.717) is 0 Å². The molecule has 3 rings (SSSR count). The van der Waals surface area contributed by atoms with E-state index in [1.807, 2.05) is 36.8 Å². The minimum absolute atomic E-state index is 0.767. The number of imidazole rings is 1. The summed E-state index contributed by atoms with van der Waals surface area (Å²) in [6.45, 7) is 3.94. The van der Waals surface area contributed by atoms with E-state index < -0.39 is 0 Å². The second-order valence-corrected chi connectivity index (χ2v) is 4.82. The van der Waals surface area contributed by atoms with Crippen molar-refractivity contribution in [3.63, 3.8) is 0 Å². The van der Waals surface area contributed by atoms with Gasteiger partial charge in [-0.3, -0.25) is 0 Å². The van der Waals surface area contributed by atoms with Crippen LogP contribution in [-0.4, -0.2) is 24.3 Å². The summed E-state index contributed by atoms with van der Waals surface area (Å²) in [7, 11) is 0. The molecule has 108 valence electrons. The molecule has 0 amide bonds. The molecule has 0 unspecified atom stereocenters. The van der Waals surface area contributed by atoms with Crippen molar-refractivity contribution in [3.05, 3.63) is 55.1 Å². The molecule has 0 saturated heterocycles. The lowest BCUT2D eigenvalue weighted by molar-refractivity contribution is 0.651. The summed E-state index contributed by atoms with van der Waals surface area (Å²) >= 11 is 0. The average Bonchev–Trinajstić information content (AvgIpc) is 3.18. The lowest BCUT2D eigenvalue weighted by atomic mass is 10.2. The lowest BCUT2D eigenvalue weighted by Gasteiger charge is -2.09. The molecule has 0 aliphatic carbocycles. The Morgan fingerprint density at radius 3 is 2.67 bits per heavy atom. The first-order chi connectivity index (χ1) is 10.4. The van der Waals surface area contributed by atoms with Crippen LogP contribution in [-0.2, 0) is 13.1 Å². The number of rotatable bonds is 6. The van der Waals surface area contributed by atoms with E-state index in [-0.39, 0.29) is 0 Å². The van der Waals surface area contributed by atoms with Crippen molar-refractivity contribution in [2.45, 2.75) is 26.4 Å². The van der Waals surface area contributed by atoms with Gasteiger partial charge in [0.25, 0.3) is 0 Å². The van der Waals surface area contributed by atoms with Gasteiger partial charge in [0.1, 0.15) is 12.7 Å². The van der Waals surface area contributed by atoms with E-state index in [4.69, 9.17) is 0 Å². The Hall–Kier alpha value is -2.63. The molecule has 6 nitrogen and oxygen atoms in total. The SMILES string of the molecule is CCCn1cncc1CNc1ccc(-n2cncn2)cc1. The minimum Gasteiger partial charge on any atom is -0.379 e. The van der Waals surface area contributed by atoms with Crippen molar-refractivity contribution in [1.82, 2.24) is 24.3 Å². The van der Waals surface area contributed by atoms with Gasteiger partial charge in [-0.15, -0.1) is 0 Å². The van der Waals surface area contributed by atoms with Crippen LogP contribution in [0.2, 0.25) is 0 Å². The molecule has 2 aromatic heterocycles. The highest BCUT2D eigenvalue weighted by molar-refractivity contribution is 5.48. The monoisotopic (exact) mass is 282 g/mol. The Kier molecular flexibility index (Phi) is 3.95. The number of nitrogens with zero attached hydrogens (tertiary/aromatic N) is 5. The fourth-order valence-corrected chi connectivity index (χ4v) is 2.20. The van der Waals surface area contributed by atoms with Crippen molar-refractivity contribution < 1.29 is 0 Å². The predicted molar refractivity (Wildman–Crippen MR) is 81.2 cm³/mol. The number of hydrogen-bond donors (Lipinski definition) is 1. The van der Waals surface area contributed by atoms with Gasteiger partial charge in [0.05, 0.1) is 24.3 Å². The van der Waals surface area contributed by atoms with Gasteiger partial charge >= 0.3 is 0 Å². The van der Waals surface area contributed by atoms with Crippen molar-refractivity contribution in [3.8, 4) is 5.69 Å². The van der Waals surface area contributed by atoms with Crippen LogP contribution in [0.15, 0.2) is 49.4 Å². The number of aryl methyl sites for hydroxylation is 1. The number of nitrogens with one attached hydrogen (secondary N) is 1. The summed E-state index contributed by atoms with van der Waals surface area (Å²) in [5.74, 6) is 0. The molecule has 0 aliphatic rings. The van der Waals surface area contributed by atoms with Crippen LogP contribution in [0.4, 0.5) is 5.69 Å². The third kappa shape index (κ3) is 3.10. The van der Waals surface area contributed by atoms with Crippen LogP contribution in [0.1, 0.15) is 19.0 Å². The summed E-state index contributed by atoms with van der Waals surface area (Å²) in [4.78, 5) is 8.15. The molecule has 0 fully saturated rings. The van der Waals surface area contributed by atoms with Gasteiger partial charge in [-0.2, -0.15) is 5.10 Å². The third-order valence-corrected chi connectivity index (χ3v) is 3.29. The van der Waals surface area contributed by atoms with Crippen LogP contribution >= 0.6 is 0 Å². The number of aromatic nitrogens is 5. The van der Waals surface area contributed by atoms with Crippen LogP contribution in [0.3, 0.4) is 0 Å². The van der Waals surface area contributed by atoms with Gasteiger partial charge in [-0.05, 0) is 30.7 Å². The number of hydrogen-bond acceptors (Lipinski definition) is 4. The van der Waals surface area contributed by atoms with Crippen LogP contribution in [0.25, 0.3) is 5.69 Å². The molecule has 2 heterocycles. The Balaban J connectivity index is 1.64. The summed E-state index contributed by atoms with van der Waals surface area (Å²) in [6, 6.07) is 8.11. The summed E-state index contributed by atoms with van der Waals surface area (Å²) in [5.41, 5.74) is 3.26. The molecule has 1 N–H and O–H groups in total. The topological polar surface area (TPSA) is 60.6 Å². The second-order valence-electron chi connectivity index (χ2n) is 4.82. The van der Waals surface area contributed by atoms with Gasteiger partial charge in [0, 0.05) is 18.4 Å². The first-order valence-electron chi connectivity index (χ1n) is 7.05. The van der Waals surface area contributed by atoms with Crippen LogP contribution in [0, 0.1) is 0 Å². The zero-order chi connectivity index (χ0) is 14.5. The molecule has 0 aliphatic heterocycles. The minimum atomic E-state index is 0.767. The predicted octanol–water partition coefficient (Wildman–Crippen LogP) is 2.49. The molecule has 21 heavy (non-hydrogen) atoms. The van der Waals surface area contributed by atoms with Crippen molar-refractivity contribution >= 4 is 5.69 Å². The summed E-state index contributed by atoms with van der Waals surface area (Å²) in [6.07, 6.45) is 8.11. The van der Waals surface area contributed by atoms with Gasteiger partial charge < -0.3 is 9.88 Å². The molecule has 0 radical (unpaired) electrons. The maximum atomic E-state index is 4.21. The highest BCUT2D eigenvalue weighted by Gasteiger charge is 2.02. The van der Waals surface area contributed by atoms with Gasteiger partial charge in [-0.1, -0.05) is 6.92 Å². The molecule has 1 aromatic carbocycles. The van der Waals surface area contributed by atoms with Crippen LogP contribution < -0.4 is 5.32 Å². The maximum Gasteiger partial charge on any atom is 0.138 e. The Morgan fingerprint density at radius 1 is 1.10 bits per heavy atom. The van der Waals surface area contributed by atoms with E-state index in [1.54, 1.807) is 11.0 Å². The lowest BCUT2D eigenvalue weighted by Crippen LogP contribution is -2.07. The van der Waals surface area contributed by atoms with Gasteiger partial charge in [0.15, 0.2) is 0 Å². The fraction of sp³-hybridized carbons (Fsp3) is 0.267. The molecule has 0 saturated carbocycles. The average molecular weight is 282 g/mol. The standard InChI is InChI=1S/C15H18N6/c1-2-7-20-11-16-8-15(20)9-18-13-3-5-14(6-4-13)21-12-17-10-19-21/h3-6,8,10-12,18H,2,7,9H2,1H3. The largest absolute Gasteiger partial charge is 0.379 e. The molecular weight excluding hydrogens is 264 g/mol. The second kappa shape index (κ2) is 6.21. The summed E-state index contributed by atoms with van der Waals surface area (Å²) < 4.78 is 3.91. The number of benzene rings is 1. The number of anilines is 1. The highest BCUT2D eigenvalue weighted by Crippen LogP contribution is 2.13. The quantitative estimate of drug-likeness (QED) is 0.754. The van der Waals surface area contributed by atoms with Gasteiger partial charge in [0.2, 0.25) is 0 Å². The maximum absolute atomic E-state index is 4.21. The first kappa shape index (κ1) is 13.4. The highest BCUT2D eigenvalue weighted by atomic mass is 15.3. The normalized spacial score (nSPS) is 10.7. The van der Waals surface area contributed by atoms with E-state index in [2.05, 4.69) is 31.9 Å². The molecular formula is C15H18N6. The van der Waals surface area contributed by atoms with Crippen molar-refractivity contribution in [2.24, 2.45) is 0 Å². The zero-order valence-electron chi connectivity index (χ0n) is 12.0. The van der Waals surface area contributed by atoms with E-state index in [1.165, 1.54) is 12.0 Å². The smallest absolute Gasteiger partial charge is 0.138 e. The Labute approximate surface area is 123 Å². The first-order valence-corrected chi connectivity index (χ1v) is 7.05. The Bertz CT molecular complexity index is 669. The van der Waals surface area contributed by atoms with E-state index >= 15 is 0 Å². The molecule has 3 aromatic rings. The van der Waals surface area contributed by atoms with Crippen LogP contribution in [0.5, 0.6) is 0 Å². The summed E-state index contributed by atoms with van der Waals surface area (Å²) in [5, 5.41) is 7.52. The van der Waals surface area contributed by atoms with E-state index in [0.717, 1.165) is 30.9 Å². The zero-order valence-corrected chi connectivity index (χ0v) is 12.0. The molecule has 0 atom stereocenters. The molecule has 0 bridgehead atoms. The van der Waals surface area contributed by atoms with Crippen molar-refractivity contribution in [1.29, 1.82) is 0 Å². The molecule has 0 spiro atoms. The van der Waals surface area contributed by atoms with E-state index in [9.17, 15) is 0 Å². The third-order valence-electron chi connectivity index (χ3n) is 3.29. The molecule has 6 heteroatoms. The fourth-order valence-electron chi connectivity index (χ4n) is 2.20. The Morgan fingerprint density at radius 2 is 1.95 bits per heavy atom. The van der Waals surface area contributed by atoms with Gasteiger partial charge in [-0.25, -0.2) is 14.6 Å².